The molecular weight excluding hydrogens is 346 g/mol. The summed E-state index contributed by atoms with van der Waals surface area (Å²) in [6.45, 7) is 5.14. The van der Waals surface area contributed by atoms with Gasteiger partial charge in [0.25, 0.3) is 5.91 Å². The Balaban J connectivity index is 1.58. The maximum absolute atomic E-state index is 12.5. The molecule has 4 atom stereocenters. The van der Waals surface area contributed by atoms with Gasteiger partial charge in [-0.1, -0.05) is 42.5 Å². The zero-order valence-corrected chi connectivity index (χ0v) is 15.5. The monoisotopic (exact) mass is 369 g/mol. The highest BCUT2D eigenvalue weighted by Crippen LogP contribution is 2.33. The Kier molecular flexibility index (Phi) is 5.64. The Labute approximate surface area is 158 Å². The number of esters is 1. The highest BCUT2D eigenvalue weighted by atomic mass is 16.6. The normalized spacial score (nSPS) is 20.3. The number of hydrogen-bond acceptors (Lipinski definition) is 5. The molecule has 4 unspecified atom stereocenters. The molecule has 2 aromatic carbocycles. The minimum atomic E-state index is -0.948. The van der Waals surface area contributed by atoms with Gasteiger partial charge in [0.2, 0.25) is 6.10 Å². The van der Waals surface area contributed by atoms with E-state index in [-0.39, 0.29) is 11.9 Å². The predicted molar refractivity (Wildman–Crippen MR) is 99.5 cm³/mol. The molecule has 0 saturated carbocycles. The molecule has 0 fully saturated rings. The van der Waals surface area contributed by atoms with Crippen LogP contribution in [0.4, 0.5) is 0 Å². The average Bonchev–Trinajstić information content (AvgIpc) is 2.67. The third kappa shape index (κ3) is 4.39. The topological polar surface area (TPSA) is 73.9 Å². The van der Waals surface area contributed by atoms with Gasteiger partial charge in [-0.25, -0.2) is 4.79 Å². The van der Waals surface area contributed by atoms with Crippen molar-refractivity contribution in [2.75, 3.05) is 0 Å². The summed E-state index contributed by atoms with van der Waals surface area (Å²) < 4.78 is 16.7. The molecule has 0 bridgehead atoms. The smallest absolute Gasteiger partial charge is 0.352 e. The van der Waals surface area contributed by atoms with Crippen molar-refractivity contribution in [1.82, 2.24) is 5.32 Å². The molecule has 0 aliphatic carbocycles. The summed E-state index contributed by atoms with van der Waals surface area (Å²) >= 11 is 0. The summed E-state index contributed by atoms with van der Waals surface area (Å²) in [6.07, 6.45) is -2.40. The molecule has 1 aliphatic rings. The summed E-state index contributed by atoms with van der Waals surface area (Å²) in [4.78, 5) is 24.8. The molecule has 0 spiro atoms. The number of benzene rings is 2. The SMILES string of the molecule is CC(OC(=O)C1Oc2ccccc2OC1C)C(=O)NC(C)c1ccccc1. The molecule has 0 saturated heterocycles. The molecule has 6 heteroatoms. The van der Waals surface area contributed by atoms with E-state index in [4.69, 9.17) is 14.2 Å². The van der Waals surface area contributed by atoms with Crippen molar-refractivity contribution in [3.8, 4) is 11.5 Å². The summed E-state index contributed by atoms with van der Waals surface area (Å²) in [5.41, 5.74) is 0.971. The first-order valence-electron chi connectivity index (χ1n) is 8.94. The van der Waals surface area contributed by atoms with Crippen molar-refractivity contribution in [3.63, 3.8) is 0 Å². The number of para-hydroxylation sites is 2. The van der Waals surface area contributed by atoms with E-state index in [1.54, 1.807) is 25.1 Å². The van der Waals surface area contributed by atoms with Crippen LogP contribution < -0.4 is 14.8 Å². The third-order valence-corrected chi connectivity index (χ3v) is 4.40. The second kappa shape index (κ2) is 8.12. The van der Waals surface area contributed by atoms with Crippen LogP contribution in [0.25, 0.3) is 0 Å². The van der Waals surface area contributed by atoms with Crippen LogP contribution in [0, 0.1) is 0 Å². The zero-order chi connectivity index (χ0) is 19.4. The molecule has 1 N–H and O–H groups in total. The lowest BCUT2D eigenvalue weighted by atomic mass is 10.1. The van der Waals surface area contributed by atoms with E-state index in [1.807, 2.05) is 43.3 Å². The highest BCUT2D eigenvalue weighted by molar-refractivity contribution is 5.85. The Morgan fingerprint density at radius 3 is 2.22 bits per heavy atom. The number of carbonyl (C=O) groups is 2. The minimum absolute atomic E-state index is 0.195. The molecule has 6 nitrogen and oxygen atoms in total. The summed E-state index contributed by atoms with van der Waals surface area (Å²) in [5.74, 6) is 0.0559. The van der Waals surface area contributed by atoms with Crippen molar-refractivity contribution in [2.45, 2.75) is 45.1 Å². The van der Waals surface area contributed by atoms with Crippen LogP contribution in [-0.2, 0) is 14.3 Å². The van der Waals surface area contributed by atoms with E-state index in [9.17, 15) is 9.59 Å². The summed E-state index contributed by atoms with van der Waals surface area (Å²) in [7, 11) is 0. The minimum Gasteiger partial charge on any atom is -0.482 e. The predicted octanol–water partition coefficient (Wildman–Crippen LogP) is 3.02. The van der Waals surface area contributed by atoms with Gasteiger partial charge < -0.3 is 19.5 Å². The molecule has 27 heavy (non-hydrogen) atoms. The standard InChI is InChI=1S/C21H23NO5/c1-13(16-9-5-4-6-10-16)22-20(23)15(3)26-21(24)19-14(2)25-17-11-7-8-12-18(17)27-19/h4-15,19H,1-3H3,(H,22,23). The lowest BCUT2D eigenvalue weighted by Crippen LogP contribution is -2.47. The largest absolute Gasteiger partial charge is 0.482 e. The molecular formula is C21H23NO5. The van der Waals surface area contributed by atoms with Gasteiger partial charge in [-0.15, -0.1) is 0 Å². The van der Waals surface area contributed by atoms with Crippen LogP contribution in [0.2, 0.25) is 0 Å². The Morgan fingerprint density at radius 1 is 0.963 bits per heavy atom. The van der Waals surface area contributed by atoms with Gasteiger partial charge in [-0.05, 0) is 38.5 Å². The van der Waals surface area contributed by atoms with E-state index >= 15 is 0 Å². The van der Waals surface area contributed by atoms with Crippen molar-refractivity contribution in [2.24, 2.45) is 0 Å². The van der Waals surface area contributed by atoms with E-state index < -0.39 is 24.3 Å². The van der Waals surface area contributed by atoms with Gasteiger partial charge in [-0.2, -0.15) is 0 Å². The van der Waals surface area contributed by atoms with Gasteiger partial charge in [0, 0.05) is 0 Å². The molecule has 0 radical (unpaired) electrons. The number of carbonyl (C=O) groups excluding carboxylic acids is 2. The van der Waals surface area contributed by atoms with E-state index in [0.717, 1.165) is 5.56 Å². The van der Waals surface area contributed by atoms with E-state index in [1.165, 1.54) is 6.92 Å². The molecule has 2 aromatic rings. The molecule has 0 aromatic heterocycles. The van der Waals surface area contributed by atoms with Gasteiger partial charge in [0.15, 0.2) is 17.6 Å². The first-order valence-corrected chi connectivity index (χ1v) is 8.94. The van der Waals surface area contributed by atoms with Crippen LogP contribution in [0.1, 0.15) is 32.4 Å². The number of fused-ring (bicyclic) bond motifs is 1. The fraction of sp³-hybridized carbons (Fsp3) is 0.333. The van der Waals surface area contributed by atoms with Crippen molar-refractivity contribution in [3.05, 3.63) is 60.2 Å². The fourth-order valence-electron chi connectivity index (χ4n) is 2.83. The van der Waals surface area contributed by atoms with Crippen LogP contribution >= 0.6 is 0 Å². The Bertz CT molecular complexity index is 807. The second-order valence-electron chi connectivity index (χ2n) is 6.53. The number of hydrogen-bond donors (Lipinski definition) is 1. The van der Waals surface area contributed by atoms with E-state index in [0.29, 0.717) is 11.5 Å². The van der Waals surface area contributed by atoms with Crippen molar-refractivity contribution >= 4 is 11.9 Å². The first-order chi connectivity index (χ1) is 13.0. The van der Waals surface area contributed by atoms with Crippen molar-refractivity contribution < 1.29 is 23.8 Å². The molecule has 1 amide bonds. The van der Waals surface area contributed by atoms with Gasteiger partial charge >= 0.3 is 5.97 Å². The lowest BCUT2D eigenvalue weighted by Gasteiger charge is -2.31. The molecule has 1 heterocycles. The van der Waals surface area contributed by atoms with Crippen LogP contribution in [0.15, 0.2) is 54.6 Å². The molecule has 142 valence electrons. The van der Waals surface area contributed by atoms with E-state index in [2.05, 4.69) is 5.32 Å². The first kappa shape index (κ1) is 18.8. The van der Waals surface area contributed by atoms with Crippen molar-refractivity contribution in [1.29, 1.82) is 0 Å². The maximum atomic E-state index is 12.5. The quantitative estimate of drug-likeness (QED) is 0.820. The van der Waals surface area contributed by atoms with Crippen LogP contribution in [-0.4, -0.2) is 30.2 Å². The second-order valence-corrected chi connectivity index (χ2v) is 6.53. The zero-order valence-electron chi connectivity index (χ0n) is 15.5. The highest BCUT2D eigenvalue weighted by Gasteiger charge is 2.37. The Morgan fingerprint density at radius 2 is 1.56 bits per heavy atom. The maximum Gasteiger partial charge on any atom is 0.352 e. The van der Waals surface area contributed by atoms with Gasteiger partial charge in [0.05, 0.1) is 6.04 Å². The third-order valence-electron chi connectivity index (χ3n) is 4.40. The Hall–Kier alpha value is -3.02. The number of nitrogens with one attached hydrogen (secondary N) is 1. The molecule has 1 aliphatic heterocycles. The fourth-order valence-corrected chi connectivity index (χ4v) is 2.83. The summed E-state index contributed by atoms with van der Waals surface area (Å²) in [6, 6.07) is 16.5. The average molecular weight is 369 g/mol. The number of rotatable bonds is 5. The molecule has 3 rings (SSSR count). The number of ether oxygens (including phenoxy) is 3. The van der Waals surface area contributed by atoms with Gasteiger partial charge in [-0.3, -0.25) is 4.79 Å². The summed E-state index contributed by atoms with van der Waals surface area (Å²) in [5, 5.41) is 2.84. The lowest BCUT2D eigenvalue weighted by molar-refractivity contribution is -0.166. The van der Waals surface area contributed by atoms with Gasteiger partial charge in [0.1, 0.15) is 6.10 Å². The van der Waals surface area contributed by atoms with Crippen LogP contribution in [0.3, 0.4) is 0 Å². The number of amides is 1. The van der Waals surface area contributed by atoms with Crippen LogP contribution in [0.5, 0.6) is 11.5 Å².